The standard InChI is InChI=1S/C21H32N2O3/c1-3-5-13-24-15-12-23(17-19-10-8-7-9-11-19)18-20-16-21(22-26-20)25-14-6-4-2/h7-11,16H,3-6,12-15,17-18H2,1-2H3. The summed E-state index contributed by atoms with van der Waals surface area (Å²) in [5, 5.41) is 4.01. The Hall–Kier alpha value is -1.85. The highest BCUT2D eigenvalue weighted by Crippen LogP contribution is 2.15. The summed E-state index contributed by atoms with van der Waals surface area (Å²) in [6.07, 6.45) is 4.40. The minimum Gasteiger partial charge on any atom is -0.476 e. The van der Waals surface area contributed by atoms with E-state index in [1.54, 1.807) is 0 Å². The molecule has 0 fully saturated rings. The highest BCUT2D eigenvalue weighted by atomic mass is 16.5. The highest BCUT2D eigenvalue weighted by molar-refractivity contribution is 5.15. The quantitative estimate of drug-likeness (QED) is 0.458. The van der Waals surface area contributed by atoms with E-state index < -0.39 is 0 Å². The molecular weight excluding hydrogens is 328 g/mol. The number of benzene rings is 1. The molecule has 5 heteroatoms. The molecule has 0 aliphatic heterocycles. The van der Waals surface area contributed by atoms with E-state index >= 15 is 0 Å². The highest BCUT2D eigenvalue weighted by Gasteiger charge is 2.12. The fourth-order valence-corrected chi connectivity index (χ4v) is 2.58. The molecule has 0 spiro atoms. The van der Waals surface area contributed by atoms with Crippen LogP contribution in [0.1, 0.15) is 50.9 Å². The lowest BCUT2D eigenvalue weighted by Crippen LogP contribution is -2.27. The number of unbranched alkanes of at least 4 members (excludes halogenated alkanes) is 2. The van der Waals surface area contributed by atoms with Crippen LogP contribution in [0.2, 0.25) is 0 Å². The van der Waals surface area contributed by atoms with Crippen molar-refractivity contribution in [3.63, 3.8) is 0 Å². The number of hydrogen-bond acceptors (Lipinski definition) is 5. The topological polar surface area (TPSA) is 47.7 Å². The van der Waals surface area contributed by atoms with Crippen molar-refractivity contribution in [3.8, 4) is 5.88 Å². The second-order valence-corrected chi connectivity index (χ2v) is 6.50. The molecule has 0 bridgehead atoms. The van der Waals surface area contributed by atoms with Crippen molar-refractivity contribution in [1.29, 1.82) is 0 Å². The van der Waals surface area contributed by atoms with Gasteiger partial charge in [-0.3, -0.25) is 4.90 Å². The van der Waals surface area contributed by atoms with Gasteiger partial charge in [0, 0.05) is 25.8 Å². The zero-order valence-corrected chi connectivity index (χ0v) is 16.2. The maximum absolute atomic E-state index is 5.74. The van der Waals surface area contributed by atoms with Gasteiger partial charge >= 0.3 is 0 Å². The molecule has 2 aromatic rings. The summed E-state index contributed by atoms with van der Waals surface area (Å²) < 4.78 is 16.8. The van der Waals surface area contributed by atoms with Gasteiger partial charge in [0.2, 0.25) is 0 Å². The van der Waals surface area contributed by atoms with Crippen LogP contribution in [0.25, 0.3) is 0 Å². The Kier molecular flexibility index (Phi) is 9.83. The number of nitrogens with zero attached hydrogens (tertiary/aromatic N) is 2. The summed E-state index contributed by atoms with van der Waals surface area (Å²) in [6, 6.07) is 12.4. The summed E-state index contributed by atoms with van der Waals surface area (Å²) in [4.78, 5) is 2.32. The molecular formula is C21H32N2O3. The zero-order valence-electron chi connectivity index (χ0n) is 16.2. The Bertz CT molecular complexity index is 586. The van der Waals surface area contributed by atoms with Crippen LogP contribution in [-0.4, -0.2) is 36.4 Å². The van der Waals surface area contributed by atoms with E-state index in [4.69, 9.17) is 14.0 Å². The van der Waals surface area contributed by atoms with Crippen molar-refractivity contribution in [2.24, 2.45) is 0 Å². The van der Waals surface area contributed by atoms with Crippen molar-refractivity contribution in [1.82, 2.24) is 10.1 Å². The van der Waals surface area contributed by atoms with Crippen LogP contribution in [0.3, 0.4) is 0 Å². The first-order chi connectivity index (χ1) is 12.8. The molecule has 0 unspecified atom stereocenters. The fraction of sp³-hybridized carbons (Fsp3) is 0.571. The molecule has 0 aliphatic rings. The van der Waals surface area contributed by atoms with Gasteiger partial charge in [-0.2, -0.15) is 0 Å². The second kappa shape index (κ2) is 12.5. The van der Waals surface area contributed by atoms with Crippen molar-refractivity contribution in [2.45, 2.75) is 52.6 Å². The van der Waals surface area contributed by atoms with Gasteiger partial charge in [0.1, 0.15) is 0 Å². The van der Waals surface area contributed by atoms with Crippen LogP contribution in [0.5, 0.6) is 5.88 Å². The summed E-state index contributed by atoms with van der Waals surface area (Å²) in [7, 11) is 0. The Labute approximate surface area is 157 Å². The molecule has 0 amide bonds. The summed E-state index contributed by atoms with van der Waals surface area (Å²) in [6.45, 7) is 8.94. The number of aromatic nitrogens is 1. The van der Waals surface area contributed by atoms with Gasteiger partial charge in [-0.05, 0) is 23.6 Å². The van der Waals surface area contributed by atoms with E-state index in [2.05, 4.69) is 48.2 Å². The Morgan fingerprint density at radius 1 is 0.962 bits per heavy atom. The molecule has 0 aliphatic carbocycles. The van der Waals surface area contributed by atoms with Crippen LogP contribution < -0.4 is 4.74 Å². The van der Waals surface area contributed by atoms with Crippen LogP contribution in [0.15, 0.2) is 40.9 Å². The van der Waals surface area contributed by atoms with Crippen LogP contribution in [-0.2, 0) is 17.8 Å². The largest absolute Gasteiger partial charge is 0.476 e. The number of rotatable bonds is 14. The van der Waals surface area contributed by atoms with Crippen molar-refractivity contribution in [2.75, 3.05) is 26.4 Å². The van der Waals surface area contributed by atoms with Gasteiger partial charge < -0.3 is 14.0 Å². The molecule has 0 radical (unpaired) electrons. The minimum absolute atomic E-state index is 0.576. The predicted octanol–water partition coefficient (Wildman–Crippen LogP) is 4.67. The van der Waals surface area contributed by atoms with E-state index in [0.29, 0.717) is 19.0 Å². The van der Waals surface area contributed by atoms with Crippen LogP contribution in [0.4, 0.5) is 0 Å². The maximum atomic E-state index is 5.74. The monoisotopic (exact) mass is 360 g/mol. The average molecular weight is 360 g/mol. The predicted molar refractivity (Wildman–Crippen MR) is 103 cm³/mol. The SMILES string of the molecule is CCCCOCCN(Cc1ccccc1)Cc1cc(OCCCC)no1. The molecule has 0 atom stereocenters. The first-order valence-electron chi connectivity index (χ1n) is 9.74. The number of hydrogen-bond donors (Lipinski definition) is 0. The summed E-state index contributed by atoms with van der Waals surface area (Å²) in [5.74, 6) is 1.40. The lowest BCUT2D eigenvalue weighted by Gasteiger charge is -2.21. The molecule has 1 heterocycles. The van der Waals surface area contributed by atoms with E-state index in [9.17, 15) is 0 Å². The van der Waals surface area contributed by atoms with Crippen LogP contribution >= 0.6 is 0 Å². The molecule has 26 heavy (non-hydrogen) atoms. The maximum Gasteiger partial charge on any atom is 0.254 e. The third-order valence-electron chi connectivity index (χ3n) is 4.11. The minimum atomic E-state index is 0.576. The van der Waals surface area contributed by atoms with Gasteiger partial charge in [-0.15, -0.1) is 0 Å². The second-order valence-electron chi connectivity index (χ2n) is 6.50. The lowest BCUT2D eigenvalue weighted by molar-refractivity contribution is 0.0929. The van der Waals surface area contributed by atoms with E-state index in [1.165, 1.54) is 5.56 Å². The van der Waals surface area contributed by atoms with Crippen LogP contribution in [0, 0.1) is 0 Å². The molecule has 2 rings (SSSR count). The van der Waals surface area contributed by atoms with Gasteiger partial charge in [0.15, 0.2) is 5.76 Å². The smallest absolute Gasteiger partial charge is 0.254 e. The third kappa shape index (κ3) is 8.02. The summed E-state index contributed by atoms with van der Waals surface area (Å²) >= 11 is 0. The molecule has 0 saturated heterocycles. The Morgan fingerprint density at radius 2 is 1.73 bits per heavy atom. The Balaban J connectivity index is 1.87. The van der Waals surface area contributed by atoms with Gasteiger partial charge in [-0.1, -0.05) is 57.0 Å². The fourth-order valence-electron chi connectivity index (χ4n) is 2.58. The van der Waals surface area contributed by atoms with E-state index in [-0.39, 0.29) is 0 Å². The van der Waals surface area contributed by atoms with Gasteiger partial charge in [0.25, 0.3) is 5.88 Å². The third-order valence-corrected chi connectivity index (χ3v) is 4.11. The molecule has 0 saturated carbocycles. The van der Waals surface area contributed by atoms with Crippen molar-refractivity contribution in [3.05, 3.63) is 47.7 Å². The first kappa shape index (κ1) is 20.5. The molecule has 1 aromatic heterocycles. The van der Waals surface area contributed by atoms with E-state index in [0.717, 1.165) is 57.7 Å². The lowest BCUT2D eigenvalue weighted by atomic mass is 10.2. The van der Waals surface area contributed by atoms with Gasteiger partial charge in [0.05, 0.1) is 19.8 Å². The molecule has 144 valence electrons. The van der Waals surface area contributed by atoms with Crippen molar-refractivity contribution >= 4 is 0 Å². The van der Waals surface area contributed by atoms with Gasteiger partial charge in [-0.25, -0.2) is 0 Å². The van der Waals surface area contributed by atoms with E-state index in [1.807, 2.05) is 12.1 Å². The zero-order chi connectivity index (χ0) is 18.5. The average Bonchev–Trinajstić information content (AvgIpc) is 3.10. The number of ether oxygens (including phenoxy) is 2. The first-order valence-corrected chi connectivity index (χ1v) is 9.74. The molecule has 5 nitrogen and oxygen atoms in total. The Morgan fingerprint density at radius 3 is 2.50 bits per heavy atom. The molecule has 1 aromatic carbocycles. The molecule has 0 N–H and O–H groups in total. The normalized spacial score (nSPS) is 11.2. The summed E-state index contributed by atoms with van der Waals surface area (Å²) in [5.41, 5.74) is 1.28. The van der Waals surface area contributed by atoms with Crippen molar-refractivity contribution < 1.29 is 14.0 Å².